The van der Waals surface area contributed by atoms with E-state index in [9.17, 15) is 9.59 Å². The topological polar surface area (TPSA) is 72.4 Å². The molecule has 0 saturated carbocycles. The van der Waals surface area contributed by atoms with Crippen LogP contribution in [0.25, 0.3) is 10.9 Å². The molecular formula is C19H15N3O3S. The summed E-state index contributed by atoms with van der Waals surface area (Å²) in [7, 11) is 1.50. The number of rotatable bonds is 4. The molecule has 1 aliphatic heterocycles. The Labute approximate surface area is 154 Å². The van der Waals surface area contributed by atoms with E-state index in [-0.39, 0.29) is 11.1 Å². The number of thioether (sulfide) groups is 1. The number of hydrogen-bond donors (Lipinski definition) is 0. The van der Waals surface area contributed by atoms with Crippen molar-refractivity contribution in [3.8, 4) is 5.75 Å². The molecule has 2 amide bonds. The molecule has 26 heavy (non-hydrogen) atoms. The highest BCUT2D eigenvalue weighted by Crippen LogP contribution is 2.39. The molecule has 1 aromatic carbocycles. The van der Waals surface area contributed by atoms with Gasteiger partial charge in [0, 0.05) is 42.7 Å². The van der Waals surface area contributed by atoms with Crippen LogP contribution in [0.5, 0.6) is 5.75 Å². The van der Waals surface area contributed by atoms with Gasteiger partial charge in [0.2, 0.25) is 5.91 Å². The van der Waals surface area contributed by atoms with Crippen LogP contribution in [0.1, 0.15) is 16.4 Å². The fourth-order valence-electron chi connectivity index (χ4n) is 2.71. The van der Waals surface area contributed by atoms with E-state index in [1.165, 1.54) is 7.05 Å². The number of aromatic nitrogens is 2. The number of hydrogen-bond acceptors (Lipinski definition) is 6. The number of carbonyl (C=O) groups is 2. The molecule has 3 heterocycles. The van der Waals surface area contributed by atoms with Crippen molar-refractivity contribution in [2.24, 2.45) is 0 Å². The molecule has 3 aromatic rings. The van der Waals surface area contributed by atoms with Gasteiger partial charge in [-0.2, -0.15) is 0 Å². The van der Waals surface area contributed by atoms with Crippen LogP contribution < -0.4 is 4.74 Å². The predicted molar refractivity (Wildman–Crippen MR) is 98.8 cm³/mol. The summed E-state index contributed by atoms with van der Waals surface area (Å²) in [4.78, 5) is 33.5. The van der Waals surface area contributed by atoms with Crippen molar-refractivity contribution in [2.45, 2.75) is 11.9 Å². The van der Waals surface area contributed by atoms with E-state index in [4.69, 9.17) is 4.74 Å². The quantitative estimate of drug-likeness (QED) is 0.704. The van der Waals surface area contributed by atoms with E-state index in [1.54, 1.807) is 18.6 Å². The fraction of sp³-hybridized carbons (Fsp3) is 0.158. The number of carbonyl (C=O) groups excluding carboxylic acids is 2. The predicted octanol–water partition coefficient (Wildman–Crippen LogP) is 3.58. The number of ether oxygens (including phenoxy) is 1. The molecule has 1 fully saturated rings. The number of likely N-dealkylation sites (N-methyl/N-ethyl adjacent to an activating group) is 1. The number of imide groups is 1. The van der Waals surface area contributed by atoms with E-state index >= 15 is 0 Å². The molecule has 6 nitrogen and oxygen atoms in total. The van der Waals surface area contributed by atoms with Crippen LogP contribution in [0.4, 0.5) is 4.79 Å². The zero-order valence-corrected chi connectivity index (χ0v) is 14.8. The molecule has 2 aromatic heterocycles. The minimum absolute atomic E-state index is 0.211. The standard InChI is InChI=1S/C19H15N3O3S/c1-22-18(23)17(26-19(22)24)14-7-13-4-5-15(8-16(13)21-10-14)25-11-12-3-2-6-20-9-12/h2-10,17H,11H2,1H3. The molecule has 1 atom stereocenters. The number of nitrogens with zero attached hydrogens (tertiary/aromatic N) is 3. The highest BCUT2D eigenvalue weighted by Gasteiger charge is 2.38. The summed E-state index contributed by atoms with van der Waals surface area (Å²) in [6.45, 7) is 0.430. The van der Waals surface area contributed by atoms with Crippen LogP contribution in [0.3, 0.4) is 0 Å². The van der Waals surface area contributed by atoms with Crippen molar-refractivity contribution in [2.75, 3.05) is 7.05 Å². The summed E-state index contributed by atoms with van der Waals surface area (Å²) < 4.78 is 5.79. The van der Waals surface area contributed by atoms with Gasteiger partial charge in [-0.15, -0.1) is 0 Å². The molecule has 7 heteroatoms. The molecule has 1 unspecified atom stereocenters. The van der Waals surface area contributed by atoms with Gasteiger partial charge in [0.15, 0.2) is 0 Å². The van der Waals surface area contributed by atoms with Gasteiger partial charge in [-0.1, -0.05) is 6.07 Å². The number of fused-ring (bicyclic) bond motifs is 1. The Hall–Kier alpha value is -2.93. The van der Waals surface area contributed by atoms with Gasteiger partial charge in [0.1, 0.15) is 17.6 Å². The first kappa shape index (κ1) is 16.5. The molecular weight excluding hydrogens is 350 g/mol. The van der Waals surface area contributed by atoms with E-state index < -0.39 is 5.25 Å². The maximum atomic E-state index is 12.2. The van der Waals surface area contributed by atoms with Crippen molar-refractivity contribution >= 4 is 33.8 Å². The summed E-state index contributed by atoms with van der Waals surface area (Å²) in [6, 6.07) is 11.3. The van der Waals surface area contributed by atoms with Gasteiger partial charge < -0.3 is 4.74 Å². The Morgan fingerprint density at radius 3 is 2.81 bits per heavy atom. The SMILES string of the molecule is CN1C(=O)SC(c2cnc3cc(OCc4cccnc4)ccc3c2)C1=O. The lowest BCUT2D eigenvalue weighted by Gasteiger charge is -2.10. The minimum Gasteiger partial charge on any atom is -0.489 e. The molecule has 1 aliphatic rings. The Balaban J connectivity index is 1.55. The average molecular weight is 365 g/mol. The van der Waals surface area contributed by atoms with E-state index in [0.29, 0.717) is 12.4 Å². The lowest BCUT2D eigenvalue weighted by atomic mass is 10.1. The van der Waals surface area contributed by atoms with Crippen LogP contribution in [-0.4, -0.2) is 33.1 Å². The molecule has 0 N–H and O–H groups in total. The van der Waals surface area contributed by atoms with Crippen molar-refractivity contribution in [1.29, 1.82) is 0 Å². The summed E-state index contributed by atoms with van der Waals surface area (Å²) in [5.41, 5.74) is 2.49. The Kier molecular flexibility index (Phi) is 4.30. The molecule has 4 rings (SSSR count). The number of benzene rings is 1. The van der Waals surface area contributed by atoms with Gasteiger partial charge in [-0.3, -0.25) is 24.5 Å². The summed E-state index contributed by atoms with van der Waals surface area (Å²) in [6.07, 6.45) is 5.13. The van der Waals surface area contributed by atoms with Crippen molar-refractivity contribution < 1.29 is 14.3 Å². The second-order valence-corrected chi connectivity index (χ2v) is 6.99. The molecule has 0 aliphatic carbocycles. The molecule has 0 bridgehead atoms. The maximum Gasteiger partial charge on any atom is 0.289 e. The summed E-state index contributed by atoms with van der Waals surface area (Å²) in [5.74, 6) is 0.500. The van der Waals surface area contributed by atoms with Gasteiger partial charge in [-0.05, 0) is 41.6 Å². The fourth-order valence-corrected chi connectivity index (χ4v) is 3.68. The maximum absolute atomic E-state index is 12.2. The lowest BCUT2D eigenvalue weighted by Crippen LogP contribution is -2.24. The third-order valence-electron chi connectivity index (χ3n) is 4.16. The van der Waals surface area contributed by atoms with Crippen molar-refractivity contribution in [3.05, 3.63) is 66.1 Å². The van der Waals surface area contributed by atoms with Crippen LogP contribution in [0.15, 0.2) is 55.0 Å². The monoisotopic (exact) mass is 365 g/mol. The second-order valence-electron chi connectivity index (χ2n) is 5.93. The second kappa shape index (κ2) is 6.76. The Bertz CT molecular complexity index is 994. The highest BCUT2D eigenvalue weighted by molar-refractivity contribution is 8.14. The van der Waals surface area contributed by atoms with Crippen molar-refractivity contribution in [1.82, 2.24) is 14.9 Å². The van der Waals surface area contributed by atoms with Crippen LogP contribution >= 0.6 is 11.8 Å². The first-order valence-electron chi connectivity index (χ1n) is 8.01. The van der Waals surface area contributed by atoms with Crippen LogP contribution in [-0.2, 0) is 11.4 Å². The van der Waals surface area contributed by atoms with E-state index in [2.05, 4.69) is 9.97 Å². The number of pyridine rings is 2. The third-order valence-corrected chi connectivity index (χ3v) is 5.34. The smallest absolute Gasteiger partial charge is 0.289 e. The zero-order chi connectivity index (χ0) is 18.1. The first-order chi connectivity index (χ1) is 12.6. The Morgan fingerprint density at radius 2 is 2.08 bits per heavy atom. The van der Waals surface area contributed by atoms with Crippen molar-refractivity contribution in [3.63, 3.8) is 0 Å². The summed E-state index contributed by atoms with van der Waals surface area (Å²) in [5, 5.41) is 0.136. The van der Waals surface area contributed by atoms with E-state index in [0.717, 1.165) is 38.7 Å². The normalized spacial score (nSPS) is 17.1. The lowest BCUT2D eigenvalue weighted by molar-refractivity contribution is -0.125. The first-order valence-corrected chi connectivity index (χ1v) is 8.89. The zero-order valence-electron chi connectivity index (χ0n) is 14.0. The molecule has 0 radical (unpaired) electrons. The molecule has 1 saturated heterocycles. The molecule has 130 valence electrons. The Morgan fingerprint density at radius 1 is 1.19 bits per heavy atom. The third kappa shape index (κ3) is 3.13. The highest BCUT2D eigenvalue weighted by atomic mass is 32.2. The van der Waals surface area contributed by atoms with E-state index in [1.807, 2.05) is 36.4 Å². The van der Waals surface area contributed by atoms with Gasteiger partial charge >= 0.3 is 0 Å². The van der Waals surface area contributed by atoms with Gasteiger partial charge in [0.25, 0.3) is 5.24 Å². The van der Waals surface area contributed by atoms with Crippen LogP contribution in [0.2, 0.25) is 0 Å². The average Bonchev–Trinajstić information content (AvgIpc) is 2.94. The van der Waals surface area contributed by atoms with Gasteiger partial charge in [-0.25, -0.2) is 0 Å². The summed E-state index contributed by atoms with van der Waals surface area (Å²) >= 11 is 1.02. The minimum atomic E-state index is -0.522. The molecule has 0 spiro atoms. The largest absolute Gasteiger partial charge is 0.489 e. The van der Waals surface area contributed by atoms with Crippen LogP contribution in [0, 0.1) is 0 Å². The number of amides is 2. The van der Waals surface area contributed by atoms with Gasteiger partial charge in [0.05, 0.1) is 5.52 Å².